The highest BCUT2D eigenvalue weighted by Crippen LogP contribution is 2.17. The minimum Gasteiger partial charge on any atom is -0.512 e. The Morgan fingerprint density at radius 3 is 2.20 bits per heavy atom. The van der Waals surface area contributed by atoms with E-state index in [1.54, 1.807) is 31.4 Å². The smallest absolute Gasteiger partial charge is 0.512 e. The lowest BCUT2D eigenvalue weighted by molar-refractivity contribution is 0.146. The molecule has 5 nitrogen and oxygen atoms in total. The van der Waals surface area contributed by atoms with E-state index < -0.39 is 7.32 Å². The molecule has 82 valence electrons. The van der Waals surface area contributed by atoms with Gasteiger partial charge in [-0.3, -0.25) is 0 Å². The van der Waals surface area contributed by atoms with Crippen LogP contribution in [0.1, 0.15) is 0 Å². The van der Waals surface area contributed by atoms with Gasteiger partial charge in [-0.15, -0.1) is 0 Å². The second kappa shape index (κ2) is 6.29. The zero-order chi connectivity index (χ0) is 11.1. The summed E-state index contributed by atoms with van der Waals surface area (Å²) in [6, 6.07) is 6.52. The molecule has 0 aromatic heterocycles. The molecule has 15 heavy (non-hydrogen) atoms. The summed E-state index contributed by atoms with van der Waals surface area (Å²) in [4.78, 5) is 0. The van der Waals surface area contributed by atoms with E-state index in [1.807, 2.05) is 0 Å². The van der Waals surface area contributed by atoms with Crippen LogP contribution in [0.5, 0.6) is 11.5 Å². The van der Waals surface area contributed by atoms with Crippen LogP contribution in [-0.2, 0) is 4.74 Å². The van der Waals surface area contributed by atoms with Crippen molar-refractivity contribution < 1.29 is 24.2 Å². The molecular weight excluding hydrogens is 199 g/mol. The van der Waals surface area contributed by atoms with Gasteiger partial charge in [0.1, 0.15) is 18.1 Å². The van der Waals surface area contributed by atoms with Gasteiger partial charge in [-0.05, 0) is 24.3 Å². The summed E-state index contributed by atoms with van der Waals surface area (Å²) in [6.07, 6.45) is 0. The predicted octanol–water partition coefficient (Wildman–Crippen LogP) is 0.0601. The molecule has 0 amide bonds. The summed E-state index contributed by atoms with van der Waals surface area (Å²) in [6.45, 7) is 0.993. The number of hydrogen-bond acceptors (Lipinski definition) is 5. The molecule has 0 aliphatic carbocycles. The molecule has 0 aliphatic rings. The highest BCUT2D eigenvalue weighted by atomic mass is 16.6. The number of methoxy groups -OCH3 is 1. The monoisotopic (exact) mass is 212 g/mol. The average Bonchev–Trinajstić information content (AvgIpc) is 2.20. The SMILES string of the molecule is COCCOc1ccc(OB(O)O)cc1. The Morgan fingerprint density at radius 2 is 1.67 bits per heavy atom. The largest absolute Gasteiger partial charge is 0.707 e. The molecule has 0 atom stereocenters. The molecular formula is C9H13BO5. The van der Waals surface area contributed by atoms with Crippen LogP contribution >= 0.6 is 0 Å². The lowest BCUT2D eigenvalue weighted by Gasteiger charge is -2.07. The van der Waals surface area contributed by atoms with Gasteiger partial charge in [-0.2, -0.15) is 0 Å². The summed E-state index contributed by atoms with van der Waals surface area (Å²) in [5, 5.41) is 17.1. The van der Waals surface area contributed by atoms with Crippen molar-refractivity contribution in [2.45, 2.75) is 0 Å². The first-order valence-electron chi connectivity index (χ1n) is 4.47. The van der Waals surface area contributed by atoms with Crippen molar-refractivity contribution in [3.05, 3.63) is 24.3 Å². The van der Waals surface area contributed by atoms with Gasteiger partial charge in [-0.1, -0.05) is 0 Å². The molecule has 0 aliphatic heterocycles. The van der Waals surface area contributed by atoms with Gasteiger partial charge >= 0.3 is 7.32 Å². The molecule has 0 saturated carbocycles. The average molecular weight is 212 g/mol. The predicted molar refractivity (Wildman–Crippen MR) is 54.6 cm³/mol. The van der Waals surface area contributed by atoms with Gasteiger partial charge < -0.3 is 24.2 Å². The first kappa shape index (κ1) is 11.8. The minimum absolute atomic E-state index is 0.365. The van der Waals surface area contributed by atoms with Crippen molar-refractivity contribution >= 4 is 7.32 Å². The Hall–Kier alpha value is -1.24. The third kappa shape index (κ3) is 4.69. The summed E-state index contributed by atoms with van der Waals surface area (Å²) in [5.74, 6) is 1.04. The zero-order valence-corrected chi connectivity index (χ0v) is 8.42. The van der Waals surface area contributed by atoms with Crippen LogP contribution in [0.2, 0.25) is 0 Å². The van der Waals surface area contributed by atoms with E-state index >= 15 is 0 Å². The molecule has 1 aromatic rings. The summed E-state index contributed by atoms with van der Waals surface area (Å²) in [5.41, 5.74) is 0. The number of ether oxygens (including phenoxy) is 2. The third-order valence-electron chi connectivity index (χ3n) is 1.62. The Balaban J connectivity index is 2.42. The van der Waals surface area contributed by atoms with E-state index in [2.05, 4.69) is 4.65 Å². The second-order valence-corrected chi connectivity index (χ2v) is 2.76. The van der Waals surface area contributed by atoms with Crippen LogP contribution in [0.15, 0.2) is 24.3 Å². The highest BCUT2D eigenvalue weighted by molar-refractivity contribution is 6.33. The molecule has 0 saturated heterocycles. The van der Waals surface area contributed by atoms with E-state index in [-0.39, 0.29) is 0 Å². The van der Waals surface area contributed by atoms with Crippen LogP contribution in [0.3, 0.4) is 0 Å². The third-order valence-corrected chi connectivity index (χ3v) is 1.62. The van der Waals surface area contributed by atoms with Crippen molar-refractivity contribution in [2.24, 2.45) is 0 Å². The molecule has 6 heteroatoms. The van der Waals surface area contributed by atoms with Crippen LogP contribution in [0.25, 0.3) is 0 Å². The van der Waals surface area contributed by atoms with Crippen molar-refractivity contribution in [1.29, 1.82) is 0 Å². The maximum atomic E-state index is 8.53. The van der Waals surface area contributed by atoms with Gasteiger partial charge in [0.05, 0.1) is 6.61 Å². The first-order chi connectivity index (χ1) is 7.22. The molecule has 1 rings (SSSR count). The van der Waals surface area contributed by atoms with E-state index in [0.717, 1.165) is 0 Å². The molecule has 0 unspecified atom stereocenters. The van der Waals surface area contributed by atoms with E-state index in [0.29, 0.717) is 24.7 Å². The fourth-order valence-electron chi connectivity index (χ4n) is 0.979. The van der Waals surface area contributed by atoms with E-state index in [1.165, 1.54) is 0 Å². The van der Waals surface area contributed by atoms with Crippen LogP contribution in [-0.4, -0.2) is 37.7 Å². The quantitative estimate of drug-likeness (QED) is 0.515. The normalized spacial score (nSPS) is 9.80. The van der Waals surface area contributed by atoms with Crippen molar-refractivity contribution in [2.75, 3.05) is 20.3 Å². The van der Waals surface area contributed by atoms with Crippen LogP contribution < -0.4 is 9.39 Å². The van der Waals surface area contributed by atoms with E-state index in [4.69, 9.17) is 19.5 Å². The van der Waals surface area contributed by atoms with Gasteiger partial charge in [0.25, 0.3) is 0 Å². The summed E-state index contributed by atoms with van der Waals surface area (Å²) < 4.78 is 14.8. The van der Waals surface area contributed by atoms with E-state index in [9.17, 15) is 0 Å². The molecule has 0 heterocycles. The Labute approximate surface area is 88.4 Å². The van der Waals surface area contributed by atoms with Crippen LogP contribution in [0.4, 0.5) is 0 Å². The van der Waals surface area contributed by atoms with Crippen molar-refractivity contribution in [1.82, 2.24) is 0 Å². The lowest BCUT2D eigenvalue weighted by Crippen LogP contribution is -2.20. The van der Waals surface area contributed by atoms with Gasteiger partial charge in [-0.25, -0.2) is 0 Å². The van der Waals surface area contributed by atoms with Gasteiger partial charge in [0.2, 0.25) is 0 Å². The Kier molecular flexibility index (Phi) is 4.96. The second-order valence-electron chi connectivity index (χ2n) is 2.76. The summed E-state index contributed by atoms with van der Waals surface area (Å²) in [7, 11) is -0.201. The van der Waals surface area contributed by atoms with Crippen molar-refractivity contribution in [3.8, 4) is 11.5 Å². The maximum absolute atomic E-state index is 8.53. The fourth-order valence-corrected chi connectivity index (χ4v) is 0.979. The maximum Gasteiger partial charge on any atom is 0.707 e. The summed E-state index contributed by atoms with van der Waals surface area (Å²) >= 11 is 0. The Bertz CT molecular complexity index is 274. The molecule has 0 spiro atoms. The minimum atomic E-state index is -1.80. The number of hydrogen-bond donors (Lipinski definition) is 2. The molecule has 0 fully saturated rings. The van der Waals surface area contributed by atoms with Gasteiger partial charge in [0, 0.05) is 7.11 Å². The number of benzene rings is 1. The standard InChI is InChI=1S/C9H13BO5/c1-13-6-7-14-8-2-4-9(5-3-8)15-10(11)12/h2-5,11-12H,6-7H2,1H3. The van der Waals surface area contributed by atoms with Crippen molar-refractivity contribution in [3.63, 3.8) is 0 Å². The zero-order valence-electron chi connectivity index (χ0n) is 8.42. The molecule has 1 aromatic carbocycles. The fraction of sp³-hybridized carbons (Fsp3) is 0.333. The van der Waals surface area contributed by atoms with Crippen LogP contribution in [0, 0.1) is 0 Å². The molecule has 2 N–H and O–H groups in total. The first-order valence-corrected chi connectivity index (χ1v) is 4.47. The van der Waals surface area contributed by atoms with Gasteiger partial charge in [0.15, 0.2) is 0 Å². The Morgan fingerprint density at radius 1 is 1.07 bits per heavy atom. The lowest BCUT2D eigenvalue weighted by atomic mass is 10.2. The number of rotatable bonds is 6. The topological polar surface area (TPSA) is 68.2 Å². The molecule has 0 radical (unpaired) electrons. The molecule has 0 bridgehead atoms. The highest BCUT2D eigenvalue weighted by Gasteiger charge is 2.10.